The Morgan fingerprint density at radius 2 is 1.64 bits per heavy atom. The highest BCUT2D eigenvalue weighted by molar-refractivity contribution is 6.00. The molecule has 0 aliphatic heterocycles. The topological polar surface area (TPSA) is 99.5 Å². The zero-order valence-electron chi connectivity index (χ0n) is 14.4. The number of nitrogens with one attached hydrogen (secondary N) is 1. The second kappa shape index (κ2) is 7.61. The van der Waals surface area contributed by atoms with E-state index in [1.165, 1.54) is 32.4 Å². The van der Waals surface area contributed by atoms with Gasteiger partial charge in [0.15, 0.2) is 0 Å². The molecular formula is C17H19N3O5. The minimum Gasteiger partial charge on any atom is -0.465 e. The SMILES string of the molecule is COC(=O)c1cc(NC(=O)C(C)n2nccc2C)cc(C(=O)OC)c1. The van der Waals surface area contributed by atoms with E-state index >= 15 is 0 Å². The van der Waals surface area contributed by atoms with Gasteiger partial charge in [0.1, 0.15) is 6.04 Å². The fraction of sp³-hybridized carbons (Fsp3) is 0.294. The summed E-state index contributed by atoms with van der Waals surface area (Å²) in [4.78, 5) is 36.0. The lowest BCUT2D eigenvalue weighted by atomic mass is 10.1. The Kier molecular flexibility index (Phi) is 5.53. The molecular weight excluding hydrogens is 326 g/mol. The van der Waals surface area contributed by atoms with E-state index in [1.807, 2.05) is 6.92 Å². The van der Waals surface area contributed by atoms with Crippen LogP contribution in [0.15, 0.2) is 30.5 Å². The molecule has 8 nitrogen and oxygen atoms in total. The first-order valence-corrected chi connectivity index (χ1v) is 7.50. The van der Waals surface area contributed by atoms with Crippen LogP contribution in [0.4, 0.5) is 5.69 Å². The van der Waals surface area contributed by atoms with Crippen molar-refractivity contribution in [3.8, 4) is 0 Å². The Balaban J connectivity index is 2.31. The number of benzene rings is 1. The van der Waals surface area contributed by atoms with Gasteiger partial charge in [0, 0.05) is 17.6 Å². The van der Waals surface area contributed by atoms with Crippen LogP contribution in [0.3, 0.4) is 0 Å². The first-order valence-electron chi connectivity index (χ1n) is 7.50. The fourth-order valence-corrected chi connectivity index (χ4v) is 2.31. The quantitative estimate of drug-likeness (QED) is 0.832. The van der Waals surface area contributed by atoms with Crippen LogP contribution in [0, 0.1) is 6.92 Å². The molecule has 0 saturated carbocycles. The van der Waals surface area contributed by atoms with Gasteiger partial charge in [-0.1, -0.05) is 0 Å². The van der Waals surface area contributed by atoms with Crippen LogP contribution in [0.5, 0.6) is 0 Å². The normalized spacial score (nSPS) is 11.5. The van der Waals surface area contributed by atoms with Crippen LogP contribution in [0.1, 0.15) is 39.4 Å². The van der Waals surface area contributed by atoms with Crippen molar-refractivity contribution in [2.24, 2.45) is 0 Å². The number of carbonyl (C=O) groups is 3. The van der Waals surface area contributed by atoms with E-state index in [4.69, 9.17) is 0 Å². The molecule has 1 amide bonds. The van der Waals surface area contributed by atoms with Gasteiger partial charge in [-0.15, -0.1) is 0 Å². The number of amides is 1. The van der Waals surface area contributed by atoms with Gasteiger partial charge in [0.2, 0.25) is 5.91 Å². The van der Waals surface area contributed by atoms with E-state index in [2.05, 4.69) is 19.9 Å². The van der Waals surface area contributed by atoms with Gasteiger partial charge in [-0.05, 0) is 38.1 Å². The van der Waals surface area contributed by atoms with E-state index in [0.717, 1.165) is 5.69 Å². The van der Waals surface area contributed by atoms with Crippen molar-refractivity contribution in [1.29, 1.82) is 0 Å². The monoisotopic (exact) mass is 345 g/mol. The highest BCUT2D eigenvalue weighted by Gasteiger charge is 2.19. The lowest BCUT2D eigenvalue weighted by Crippen LogP contribution is -2.25. The van der Waals surface area contributed by atoms with E-state index in [0.29, 0.717) is 0 Å². The zero-order valence-corrected chi connectivity index (χ0v) is 14.4. The number of aromatic nitrogens is 2. The Morgan fingerprint density at radius 3 is 2.08 bits per heavy atom. The first kappa shape index (κ1) is 18.2. The minimum absolute atomic E-state index is 0.128. The number of anilines is 1. The highest BCUT2D eigenvalue weighted by Crippen LogP contribution is 2.19. The summed E-state index contributed by atoms with van der Waals surface area (Å²) in [5, 5.41) is 6.78. The number of nitrogens with zero attached hydrogens (tertiary/aromatic N) is 2. The maximum Gasteiger partial charge on any atom is 0.337 e. The third kappa shape index (κ3) is 4.03. The van der Waals surface area contributed by atoms with Gasteiger partial charge in [-0.3, -0.25) is 9.48 Å². The number of methoxy groups -OCH3 is 2. The molecule has 0 bridgehead atoms. The van der Waals surface area contributed by atoms with Crippen LogP contribution in [0.25, 0.3) is 0 Å². The maximum atomic E-state index is 12.5. The summed E-state index contributed by atoms with van der Waals surface area (Å²) in [5.74, 6) is -1.60. The summed E-state index contributed by atoms with van der Waals surface area (Å²) in [6.07, 6.45) is 1.60. The van der Waals surface area contributed by atoms with Crippen molar-refractivity contribution in [2.45, 2.75) is 19.9 Å². The van der Waals surface area contributed by atoms with Crippen LogP contribution in [0.2, 0.25) is 0 Å². The largest absolute Gasteiger partial charge is 0.465 e. The van der Waals surface area contributed by atoms with Gasteiger partial charge in [-0.2, -0.15) is 5.10 Å². The number of esters is 2. The van der Waals surface area contributed by atoms with Gasteiger partial charge in [0.05, 0.1) is 25.3 Å². The lowest BCUT2D eigenvalue weighted by Gasteiger charge is -2.15. The van der Waals surface area contributed by atoms with E-state index < -0.39 is 18.0 Å². The molecule has 25 heavy (non-hydrogen) atoms. The second-order valence-corrected chi connectivity index (χ2v) is 5.36. The predicted molar refractivity (Wildman–Crippen MR) is 89.4 cm³/mol. The van der Waals surface area contributed by atoms with Gasteiger partial charge < -0.3 is 14.8 Å². The molecule has 0 radical (unpaired) electrons. The molecule has 8 heteroatoms. The summed E-state index contributed by atoms with van der Waals surface area (Å²) < 4.78 is 10.9. The highest BCUT2D eigenvalue weighted by atomic mass is 16.5. The summed E-state index contributed by atoms with van der Waals surface area (Å²) >= 11 is 0. The van der Waals surface area contributed by atoms with Crippen molar-refractivity contribution in [1.82, 2.24) is 9.78 Å². The summed E-state index contributed by atoms with van der Waals surface area (Å²) in [7, 11) is 2.46. The Labute approximate surface area is 144 Å². The average molecular weight is 345 g/mol. The average Bonchev–Trinajstić information content (AvgIpc) is 3.05. The summed E-state index contributed by atoms with van der Waals surface area (Å²) in [6, 6.07) is 5.42. The molecule has 0 spiro atoms. The minimum atomic E-state index is -0.628. The maximum absolute atomic E-state index is 12.5. The molecule has 0 aliphatic carbocycles. The van der Waals surface area contributed by atoms with Gasteiger partial charge in [-0.25, -0.2) is 9.59 Å². The third-order valence-electron chi connectivity index (χ3n) is 3.66. The van der Waals surface area contributed by atoms with Crippen molar-refractivity contribution in [3.63, 3.8) is 0 Å². The molecule has 1 atom stereocenters. The number of rotatable bonds is 5. The fourth-order valence-electron chi connectivity index (χ4n) is 2.31. The van der Waals surface area contributed by atoms with E-state index in [9.17, 15) is 14.4 Å². The molecule has 2 aromatic rings. The number of ether oxygens (including phenoxy) is 2. The van der Waals surface area contributed by atoms with Crippen LogP contribution < -0.4 is 5.32 Å². The molecule has 1 unspecified atom stereocenters. The number of carbonyl (C=O) groups excluding carboxylic acids is 3. The summed E-state index contributed by atoms with van der Waals surface area (Å²) in [6.45, 7) is 3.53. The molecule has 1 heterocycles. The van der Waals surface area contributed by atoms with Crippen molar-refractivity contribution in [3.05, 3.63) is 47.3 Å². The van der Waals surface area contributed by atoms with Gasteiger partial charge in [0.25, 0.3) is 0 Å². The molecule has 0 aliphatic rings. The Hall–Kier alpha value is -3.16. The summed E-state index contributed by atoms with van der Waals surface area (Å²) in [5.41, 5.74) is 1.37. The second-order valence-electron chi connectivity index (χ2n) is 5.36. The lowest BCUT2D eigenvalue weighted by molar-refractivity contribution is -0.119. The molecule has 0 fully saturated rings. The van der Waals surface area contributed by atoms with Crippen molar-refractivity contribution >= 4 is 23.5 Å². The first-order chi connectivity index (χ1) is 11.9. The van der Waals surface area contributed by atoms with Gasteiger partial charge >= 0.3 is 11.9 Å². The predicted octanol–water partition coefficient (Wildman–Crippen LogP) is 1.96. The standard InChI is InChI=1S/C17H19N3O5/c1-10-5-6-18-20(10)11(2)15(21)19-14-8-12(16(22)24-3)7-13(9-14)17(23)25-4/h5-9,11H,1-4H3,(H,19,21). The molecule has 1 aromatic carbocycles. The Bertz CT molecular complexity index is 778. The van der Waals surface area contributed by atoms with Crippen molar-refractivity contribution < 1.29 is 23.9 Å². The molecule has 132 valence electrons. The molecule has 1 N–H and O–H groups in total. The molecule has 1 aromatic heterocycles. The van der Waals surface area contributed by atoms with Crippen LogP contribution >= 0.6 is 0 Å². The van der Waals surface area contributed by atoms with Crippen LogP contribution in [-0.4, -0.2) is 41.8 Å². The van der Waals surface area contributed by atoms with E-state index in [-0.39, 0.29) is 22.7 Å². The third-order valence-corrected chi connectivity index (χ3v) is 3.66. The Morgan fingerprint density at radius 1 is 1.08 bits per heavy atom. The smallest absolute Gasteiger partial charge is 0.337 e. The number of hydrogen-bond donors (Lipinski definition) is 1. The number of aryl methyl sites for hydroxylation is 1. The van der Waals surface area contributed by atoms with Crippen molar-refractivity contribution in [2.75, 3.05) is 19.5 Å². The van der Waals surface area contributed by atoms with E-state index in [1.54, 1.807) is 23.9 Å². The van der Waals surface area contributed by atoms with Crippen LogP contribution in [-0.2, 0) is 14.3 Å². The molecule has 2 rings (SSSR count). The number of hydrogen-bond acceptors (Lipinski definition) is 6. The zero-order chi connectivity index (χ0) is 18.6. The molecule has 0 saturated heterocycles.